The van der Waals surface area contributed by atoms with E-state index in [-0.39, 0.29) is 17.6 Å². The standard InChI is InChI=1S/C23H34N4O3/c28-22-20(25-23(29)24-18-4-2-1-3-5-18)6-7-21-17-12-16(14-27(21)22)13-26(15-17)19-8-10-30-11-9-19/h6-7,16-19H,1-5,8-15H2,(H2,24,25,29). The van der Waals surface area contributed by atoms with Gasteiger partial charge in [-0.2, -0.15) is 0 Å². The molecule has 1 aliphatic carbocycles. The predicted molar refractivity (Wildman–Crippen MR) is 116 cm³/mol. The van der Waals surface area contributed by atoms with Crippen LogP contribution in [-0.4, -0.2) is 53.9 Å². The highest BCUT2D eigenvalue weighted by molar-refractivity contribution is 5.89. The maximum Gasteiger partial charge on any atom is 0.319 e. The van der Waals surface area contributed by atoms with Gasteiger partial charge in [0.05, 0.1) is 0 Å². The number of amides is 2. The van der Waals surface area contributed by atoms with Gasteiger partial charge in [0.25, 0.3) is 5.56 Å². The third-order valence-electron chi connectivity index (χ3n) is 7.53. The van der Waals surface area contributed by atoms with Gasteiger partial charge in [-0.3, -0.25) is 9.69 Å². The molecule has 2 N–H and O–H groups in total. The van der Waals surface area contributed by atoms with E-state index in [1.165, 1.54) is 19.3 Å². The number of urea groups is 1. The Morgan fingerprint density at radius 2 is 1.80 bits per heavy atom. The van der Waals surface area contributed by atoms with Crippen molar-refractivity contribution in [3.63, 3.8) is 0 Å². The molecule has 0 radical (unpaired) electrons. The number of carbonyl (C=O) groups excluding carboxylic acids is 1. The van der Waals surface area contributed by atoms with Crippen molar-refractivity contribution in [2.24, 2.45) is 5.92 Å². The van der Waals surface area contributed by atoms with Gasteiger partial charge < -0.3 is 19.9 Å². The summed E-state index contributed by atoms with van der Waals surface area (Å²) >= 11 is 0. The molecule has 30 heavy (non-hydrogen) atoms. The van der Waals surface area contributed by atoms with E-state index in [4.69, 9.17) is 4.74 Å². The monoisotopic (exact) mass is 414 g/mol. The van der Waals surface area contributed by atoms with Crippen molar-refractivity contribution in [2.45, 2.75) is 75.9 Å². The minimum absolute atomic E-state index is 0.0551. The second-order valence-electron chi connectivity index (χ2n) is 9.62. The fourth-order valence-corrected chi connectivity index (χ4v) is 6.02. The molecular weight excluding hydrogens is 380 g/mol. The highest BCUT2D eigenvalue weighted by Gasteiger charge is 2.37. The van der Waals surface area contributed by atoms with E-state index in [0.29, 0.717) is 23.6 Å². The number of aromatic nitrogens is 1. The Balaban J connectivity index is 1.28. The Kier molecular flexibility index (Phi) is 5.83. The lowest BCUT2D eigenvalue weighted by molar-refractivity contribution is 0.00589. The van der Waals surface area contributed by atoms with E-state index in [1.54, 1.807) is 0 Å². The number of rotatable bonds is 3. The third-order valence-corrected chi connectivity index (χ3v) is 7.53. The van der Waals surface area contributed by atoms with Gasteiger partial charge in [-0.15, -0.1) is 0 Å². The summed E-state index contributed by atoms with van der Waals surface area (Å²) in [4.78, 5) is 28.2. The first-order valence-corrected chi connectivity index (χ1v) is 11.8. The second kappa shape index (κ2) is 8.71. The Morgan fingerprint density at radius 3 is 2.60 bits per heavy atom. The first kappa shape index (κ1) is 20.1. The molecule has 2 unspecified atom stereocenters. The van der Waals surface area contributed by atoms with Gasteiger partial charge in [0.1, 0.15) is 5.69 Å². The number of hydrogen-bond donors (Lipinski definition) is 2. The lowest BCUT2D eigenvalue weighted by Gasteiger charge is -2.46. The summed E-state index contributed by atoms with van der Waals surface area (Å²) in [5.74, 6) is 0.904. The molecule has 2 atom stereocenters. The molecule has 3 fully saturated rings. The van der Waals surface area contributed by atoms with Crippen LogP contribution in [0.15, 0.2) is 16.9 Å². The molecule has 1 aromatic heterocycles. The second-order valence-corrected chi connectivity index (χ2v) is 9.62. The summed E-state index contributed by atoms with van der Waals surface area (Å²) in [6, 6.07) is 4.47. The number of pyridine rings is 1. The maximum absolute atomic E-state index is 13.1. The normalized spacial score (nSPS) is 28.0. The zero-order valence-corrected chi connectivity index (χ0v) is 17.8. The van der Waals surface area contributed by atoms with Crippen LogP contribution in [-0.2, 0) is 11.3 Å². The van der Waals surface area contributed by atoms with Crippen LogP contribution in [0.3, 0.4) is 0 Å². The smallest absolute Gasteiger partial charge is 0.319 e. The highest BCUT2D eigenvalue weighted by atomic mass is 16.5. The molecule has 1 aromatic rings. The largest absolute Gasteiger partial charge is 0.381 e. The van der Waals surface area contributed by atoms with Crippen LogP contribution >= 0.6 is 0 Å². The molecule has 4 aliphatic rings. The summed E-state index contributed by atoms with van der Waals surface area (Å²) in [7, 11) is 0. The minimum atomic E-state index is -0.249. The van der Waals surface area contributed by atoms with Crippen molar-refractivity contribution in [2.75, 3.05) is 31.6 Å². The van der Waals surface area contributed by atoms with Gasteiger partial charge in [-0.1, -0.05) is 19.3 Å². The van der Waals surface area contributed by atoms with Crippen LogP contribution in [0.25, 0.3) is 0 Å². The fraction of sp³-hybridized carbons (Fsp3) is 0.739. The number of piperidine rings is 1. The summed E-state index contributed by atoms with van der Waals surface area (Å²) in [6.07, 6.45) is 9.04. The van der Waals surface area contributed by atoms with Crippen molar-refractivity contribution in [1.82, 2.24) is 14.8 Å². The van der Waals surface area contributed by atoms with E-state index in [0.717, 1.165) is 70.6 Å². The van der Waals surface area contributed by atoms with Crippen LogP contribution in [0.5, 0.6) is 0 Å². The molecule has 2 bridgehead atoms. The molecule has 1 saturated carbocycles. The van der Waals surface area contributed by atoms with Gasteiger partial charge in [0.2, 0.25) is 0 Å². The predicted octanol–water partition coefficient (Wildman–Crippen LogP) is 2.90. The first-order valence-electron chi connectivity index (χ1n) is 11.8. The van der Waals surface area contributed by atoms with E-state index < -0.39 is 0 Å². The molecule has 4 heterocycles. The number of anilines is 1. The first-order chi connectivity index (χ1) is 14.7. The van der Waals surface area contributed by atoms with Crippen LogP contribution in [0.4, 0.5) is 10.5 Å². The van der Waals surface area contributed by atoms with Gasteiger partial charge in [0, 0.05) is 56.5 Å². The molecule has 7 nitrogen and oxygen atoms in total. The third kappa shape index (κ3) is 4.14. The van der Waals surface area contributed by atoms with Gasteiger partial charge >= 0.3 is 6.03 Å². The van der Waals surface area contributed by atoms with E-state index in [9.17, 15) is 9.59 Å². The maximum atomic E-state index is 13.1. The summed E-state index contributed by atoms with van der Waals surface area (Å²) in [5.41, 5.74) is 1.47. The zero-order chi connectivity index (χ0) is 20.5. The van der Waals surface area contributed by atoms with E-state index in [2.05, 4.69) is 21.6 Å². The number of fused-ring (bicyclic) bond motifs is 4. The van der Waals surface area contributed by atoms with Gasteiger partial charge in [-0.25, -0.2) is 4.79 Å². The van der Waals surface area contributed by atoms with E-state index in [1.807, 2.05) is 10.6 Å². The zero-order valence-electron chi connectivity index (χ0n) is 17.8. The number of hydrogen-bond acceptors (Lipinski definition) is 4. The topological polar surface area (TPSA) is 75.6 Å². The quantitative estimate of drug-likeness (QED) is 0.798. The number of ether oxygens (including phenoxy) is 1. The van der Waals surface area contributed by atoms with Crippen LogP contribution in [0.1, 0.15) is 63.0 Å². The van der Waals surface area contributed by atoms with Gasteiger partial charge in [0.15, 0.2) is 0 Å². The summed E-state index contributed by atoms with van der Waals surface area (Å²) in [5, 5.41) is 5.87. The van der Waals surface area contributed by atoms with Gasteiger partial charge in [-0.05, 0) is 50.2 Å². The van der Waals surface area contributed by atoms with Crippen molar-refractivity contribution in [3.05, 3.63) is 28.2 Å². The summed E-state index contributed by atoms with van der Waals surface area (Å²) in [6.45, 7) is 4.57. The average Bonchev–Trinajstić information content (AvgIpc) is 2.77. The number of nitrogens with one attached hydrogen (secondary N) is 2. The lowest BCUT2D eigenvalue weighted by atomic mass is 9.82. The molecule has 0 aromatic carbocycles. The molecular formula is C23H34N4O3. The Labute approximate surface area is 178 Å². The van der Waals surface area contributed by atoms with Crippen LogP contribution in [0.2, 0.25) is 0 Å². The minimum Gasteiger partial charge on any atom is -0.381 e. The lowest BCUT2D eigenvalue weighted by Crippen LogP contribution is -2.52. The fourth-order valence-electron chi connectivity index (χ4n) is 6.02. The van der Waals surface area contributed by atoms with E-state index >= 15 is 0 Å². The summed E-state index contributed by atoms with van der Waals surface area (Å²) < 4.78 is 7.46. The average molecular weight is 415 g/mol. The molecule has 5 rings (SSSR count). The van der Waals surface area contributed by atoms with Crippen LogP contribution in [0, 0.1) is 5.92 Å². The Hall–Kier alpha value is -1.86. The SMILES string of the molecule is O=C(Nc1ccc2n(c1=O)CC1CC2CN(C2CCOCC2)C1)NC1CCCCC1. The van der Waals surface area contributed by atoms with Crippen LogP contribution < -0.4 is 16.2 Å². The van der Waals surface area contributed by atoms with Crippen molar-refractivity contribution >= 4 is 11.7 Å². The number of carbonyl (C=O) groups is 1. The molecule has 2 amide bonds. The molecule has 164 valence electrons. The van der Waals surface area contributed by atoms with Crippen molar-refractivity contribution in [3.8, 4) is 0 Å². The molecule has 3 aliphatic heterocycles. The number of nitrogens with zero attached hydrogens (tertiary/aromatic N) is 2. The molecule has 0 spiro atoms. The van der Waals surface area contributed by atoms with Crippen molar-refractivity contribution in [1.29, 1.82) is 0 Å². The Bertz CT molecular complexity index is 826. The van der Waals surface area contributed by atoms with Crippen molar-refractivity contribution < 1.29 is 9.53 Å². The highest BCUT2D eigenvalue weighted by Crippen LogP contribution is 2.37. The number of likely N-dealkylation sites (tertiary alicyclic amines) is 1. The Morgan fingerprint density at radius 1 is 1.00 bits per heavy atom. The molecule has 2 saturated heterocycles. The molecule has 7 heteroatoms.